The van der Waals surface area contributed by atoms with Gasteiger partial charge < -0.3 is 10.2 Å². The van der Waals surface area contributed by atoms with Crippen molar-refractivity contribution < 1.29 is 13.6 Å². The number of aromatic nitrogens is 3. The number of likely N-dealkylation sites (N-methyl/N-ethyl adjacent to an activating group) is 1. The van der Waals surface area contributed by atoms with E-state index in [0.29, 0.717) is 18.8 Å². The number of nitrogens with one attached hydrogen (secondary N) is 1. The van der Waals surface area contributed by atoms with E-state index < -0.39 is 11.6 Å². The Labute approximate surface area is 161 Å². The first-order valence-corrected chi connectivity index (χ1v) is 8.64. The van der Waals surface area contributed by atoms with Crippen molar-refractivity contribution in [2.24, 2.45) is 0 Å². The van der Waals surface area contributed by atoms with Crippen molar-refractivity contribution in [1.82, 2.24) is 19.9 Å². The number of hydrogen-bond acceptors (Lipinski definition) is 5. The normalized spacial score (nSPS) is 10.6. The second-order valence-electron chi connectivity index (χ2n) is 6.27. The van der Waals surface area contributed by atoms with Crippen molar-refractivity contribution in [3.05, 3.63) is 77.5 Å². The summed E-state index contributed by atoms with van der Waals surface area (Å²) in [5.74, 6) is -1.09. The number of nitrogens with zero attached hydrogens (tertiary/aromatic N) is 4. The maximum Gasteiger partial charge on any atom is 0.272 e. The summed E-state index contributed by atoms with van der Waals surface area (Å²) in [6, 6.07) is 8.41. The van der Waals surface area contributed by atoms with E-state index in [0.717, 1.165) is 17.7 Å². The number of amides is 1. The maximum absolute atomic E-state index is 13.9. The Hall–Kier alpha value is -3.42. The predicted molar refractivity (Wildman–Crippen MR) is 101 cm³/mol. The van der Waals surface area contributed by atoms with Crippen LogP contribution < -0.4 is 5.32 Å². The molecule has 2 aromatic heterocycles. The molecule has 0 aliphatic heterocycles. The van der Waals surface area contributed by atoms with Crippen molar-refractivity contribution in [2.45, 2.75) is 13.3 Å². The lowest BCUT2D eigenvalue weighted by atomic mass is 10.2. The van der Waals surface area contributed by atoms with Gasteiger partial charge in [-0.25, -0.2) is 18.7 Å². The maximum atomic E-state index is 13.9. The largest absolute Gasteiger partial charge is 0.340 e. The Bertz CT molecular complexity index is 982. The van der Waals surface area contributed by atoms with Crippen molar-refractivity contribution in [2.75, 3.05) is 18.9 Å². The molecule has 1 N–H and O–H groups in total. The molecular formula is C20H19F2N5O. The summed E-state index contributed by atoms with van der Waals surface area (Å²) in [7, 11) is 1.69. The van der Waals surface area contributed by atoms with E-state index in [4.69, 9.17) is 0 Å². The van der Waals surface area contributed by atoms with Gasteiger partial charge in [0.2, 0.25) is 0 Å². The molecule has 0 aliphatic carbocycles. The molecule has 1 aromatic carbocycles. The molecule has 0 fully saturated rings. The summed E-state index contributed by atoms with van der Waals surface area (Å²) in [5, 5.41) is 2.76. The summed E-state index contributed by atoms with van der Waals surface area (Å²) in [6.07, 6.45) is 4.09. The smallest absolute Gasteiger partial charge is 0.272 e. The van der Waals surface area contributed by atoms with Crippen molar-refractivity contribution in [3.8, 4) is 0 Å². The molecule has 0 atom stereocenters. The second kappa shape index (κ2) is 8.51. The summed E-state index contributed by atoms with van der Waals surface area (Å²) < 4.78 is 26.9. The van der Waals surface area contributed by atoms with E-state index in [1.54, 1.807) is 31.3 Å². The molecule has 0 radical (unpaired) electrons. The molecule has 3 rings (SSSR count). The molecule has 0 aliphatic rings. The van der Waals surface area contributed by atoms with Crippen LogP contribution in [0.3, 0.4) is 0 Å². The van der Waals surface area contributed by atoms with Gasteiger partial charge in [-0.05, 0) is 43.2 Å². The quantitative estimate of drug-likeness (QED) is 0.705. The highest BCUT2D eigenvalue weighted by Crippen LogP contribution is 2.20. The standard InChI is InChI=1S/C20H19F2N5O/c1-13-24-18(20(28)27(2)10-7-14-5-8-23-9-6-14)12-19(25-13)26-17-4-3-15(21)11-16(17)22/h3-6,8-9,11-12H,7,10H2,1-2H3,(H,24,25,26). The first kappa shape index (κ1) is 19.3. The van der Waals surface area contributed by atoms with Crippen molar-refractivity contribution in [1.29, 1.82) is 0 Å². The molecule has 0 saturated heterocycles. The van der Waals surface area contributed by atoms with Gasteiger partial charge in [0.05, 0.1) is 5.69 Å². The van der Waals surface area contributed by atoms with Crippen molar-refractivity contribution in [3.63, 3.8) is 0 Å². The summed E-state index contributed by atoms with van der Waals surface area (Å²) in [5.41, 5.74) is 1.32. The monoisotopic (exact) mass is 383 g/mol. The first-order chi connectivity index (χ1) is 13.4. The molecule has 3 aromatic rings. The molecule has 0 unspecified atom stereocenters. The van der Waals surface area contributed by atoms with E-state index in [2.05, 4.69) is 20.3 Å². The van der Waals surface area contributed by atoms with Crippen LogP contribution in [0.15, 0.2) is 48.8 Å². The minimum absolute atomic E-state index is 0.0592. The molecule has 6 nitrogen and oxygen atoms in total. The van der Waals surface area contributed by atoms with Gasteiger partial charge >= 0.3 is 0 Å². The number of halogens is 2. The topological polar surface area (TPSA) is 71.0 Å². The van der Waals surface area contributed by atoms with Gasteiger partial charge in [-0.2, -0.15) is 0 Å². The highest BCUT2D eigenvalue weighted by atomic mass is 19.1. The fraction of sp³-hybridized carbons (Fsp3) is 0.200. The number of aryl methyl sites for hydroxylation is 1. The third-order valence-corrected chi connectivity index (χ3v) is 4.08. The lowest BCUT2D eigenvalue weighted by Crippen LogP contribution is -2.30. The minimum atomic E-state index is -0.751. The number of carbonyl (C=O) groups is 1. The number of rotatable bonds is 6. The van der Waals surface area contributed by atoms with Gasteiger partial charge in [-0.15, -0.1) is 0 Å². The fourth-order valence-electron chi connectivity index (χ4n) is 2.61. The van der Waals surface area contributed by atoms with Crippen LogP contribution in [0.25, 0.3) is 0 Å². The molecule has 2 heterocycles. The number of anilines is 2. The van der Waals surface area contributed by atoms with Gasteiger partial charge in [0, 0.05) is 38.1 Å². The van der Waals surface area contributed by atoms with Crippen LogP contribution in [-0.2, 0) is 6.42 Å². The molecule has 0 bridgehead atoms. The van der Waals surface area contributed by atoms with Gasteiger partial charge in [-0.3, -0.25) is 9.78 Å². The number of pyridine rings is 1. The zero-order valence-electron chi connectivity index (χ0n) is 15.5. The second-order valence-corrected chi connectivity index (χ2v) is 6.27. The van der Waals surface area contributed by atoms with Crippen LogP contribution in [-0.4, -0.2) is 39.4 Å². The highest BCUT2D eigenvalue weighted by molar-refractivity contribution is 5.93. The molecule has 0 saturated carbocycles. The molecule has 28 heavy (non-hydrogen) atoms. The van der Waals surface area contributed by atoms with E-state index in [1.165, 1.54) is 12.1 Å². The molecule has 144 valence electrons. The van der Waals surface area contributed by atoms with E-state index >= 15 is 0 Å². The summed E-state index contributed by atoms with van der Waals surface area (Å²) in [4.78, 5) is 26.6. The Kier molecular flexibility index (Phi) is 5.88. The molecule has 8 heteroatoms. The number of benzene rings is 1. The van der Waals surface area contributed by atoms with Gasteiger partial charge in [0.25, 0.3) is 5.91 Å². The van der Waals surface area contributed by atoms with E-state index in [-0.39, 0.29) is 23.1 Å². The molecule has 0 spiro atoms. The minimum Gasteiger partial charge on any atom is -0.340 e. The van der Waals surface area contributed by atoms with Crippen LogP contribution in [0.5, 0.6) is 0 Å². The third-order valence-electron chi connectivity index (χ3n) is 4.08. The SMILES string of the molecule is Cc1nc(Nc2ccc(F)cc2F)cc(C(=O)N(C)CCc2ccncc2)n1. The first-order valence-electron chi connectivity index (χ1n) is 8.64. The Morgan fingerprint density at radius 3 is 2.57 bits per heavy atom. The summed E-state index contributed by atoms with van der Waals surface area (Å²) >= 11 is 0. The van der Waals surface area contributed by atoms with Crippen molar-refractivity contribution >= 4 is 17.4 Å². The predicted octanol–water partition coefficient (Wildman–Crippen LogP) is 3.52. The average molecular weight is 383 g/mol. The molecular weight excluding hydrogens is 364 g/mol. The van der Waals surface area contributed by atoms with Crippen LogP contribution in [0.4, 0.5) is 20.3 Å². The lowest BCUT2D eigenvalue weighted by Gasteiger charge is -2.17. The number of carbonyl (C=O) groups excluding carboxylic acids is 1. The summed E-state index contributed by atoms with van der Waals surface area (Å²) in [6.45, 7) is 2.14. The van der Waals surface area contributed by atoms with Crippen LogP contribution in [0.2, 0.25) is 0 Å². The Morgan fingerprint density at radius 1 is 1.11 bits per heavy atom. The van der Waals surface area contributed by atoms with Crippen LogP contribution in [0, 0.1) is 18.6 Å². The fourth-order valence-corrected chi connectivity index (χ4v) is 2.61. The highest BCUT2D eigenvalue weighted by Gasteiger charge is 2.16. The number of hydrogen-bond donors (Lipinski definition) is 1. The van der Waals surface area contributed by atoms with E-state index in [9.17, 15) is 13.6 Å². The Balaban J connectivity index is 1.73. The van der Waals surface area contributed by atoms with Crippen LogP contribution >= 0.6 is 0 Å². The molecule has 1 amide bonds. The van der Waals surface area contributed by atoms with Gasteiger partial charge in [-0.1, -0.05) is 0 Å². The Morgan fingerprint density at radius 2 is 1.86 bits per heavy atom. The van der Waals surface area contributed by atoms with Gasteiger partial charge in [0.1, 0.15) is 29.0 Å². The zero-order chi connectivity index (χ0) is 20.1. The van der Waals surface area contributed by atoms with Gasteiger partial charge in [0.15, 0.2) is 0 Å². The van der Waals surface area contributed by atoms with E-state index in [1.807, 2.05) is 12.1 Å². The third kappa shape index (κ3) is 4.85. The van der Waals surface area contributed by atoms with Crippen LogP contribution in [0.1, 0.15) is 21.9 Å². The average Bonchev–Trinajstić information content (AvgIpc) is 2.68. The lowest BCUT2D eigenvalue weighted by molar-refractivity contribution is 0.0790. The zero-order valence-corrected chi connectivity index (χ0v) is 15.5.